The topological polar surface area (TPSA) is 92.3 Å². The third kappa shape index (κ3) is 4.24. The number of rotatable bonds is 7. The van der Waals surface area contributed by atoms with Gasteiger partial charge in [0.05, 0.1) is 23.0 Å². The van der Waals surface area contributed by atoms with Crippen molar-refractivity contribution < 1.29 is 14.4 Å². The summed E-state index contributed by atoms with van der Waals surface area (Å²) in [5.41, 5.74) is 2.60. The quantitative estimate of drug-likeness (QED) is 0.212. The van der Waals surface area contributed by atoms with Crippen molar-refractivity contribution in [3.63, 3.8) is 0 Å². The number of benzene rings is 2. The zero-order valence-corrected chi connectivity index (χ0v) is 18.5. The first-order chi connectivity index (χ1) is 15.7. The van der Waals surface area contributed by atoms with E-state index in [4.69, 9.17) is 9.47 Å². The van der Waals surface area contributed by atoms with Gasteiger partial charge in [0, 0.05) is 29.0 Å². The summed E-state index contributed by atoms with van der Waals surface area (Å²) in [5.74, 6) is 1.92. The maximum Gasteiger partial charge on any atom is 0.270 e. The number of thioether (sulfide) groups is 1. The van der Waals surface area contributed by atoms with Gasteiger partial charge in [0.1, 0.15) is 5.75 Å². The average molecular weight is 467 g/mol. The number of non-ortho nitro benzene ring substituents is 1. The first-order valence-electron chi connectivity index (χ1n) is 9.83. The summed E-state index contributed by atoms with van der Waals surface area (Å²) in [6, 6.07) is 17.2. The number of hydrogen-bond acceptors (Lipinski definition) is 8. The maximum atomic E-state index is 11.4. The lowest BCUT2D eigenvalue weighted by Crippen LogP contribution is -2.13. The first kappa shape index (κ1) is 20.7. The van der Waals surface area contributed by atoms with Gasteiger partial charge in [0.2, 0.25) is 0 Å². The van der Waals surface area contributed by atoms with Gasteiger partial charge in [-0.15, -0.1) is 21.5 Å². The van der Waals surface area contributed by atoms with Gasteiger partial charge < -0.3 is 9.47 Å². The molecule has 162 valence electrons. The van der Waals surface area contributed by atoms with Gasteiger partial charge in [-0.3, -0.25) is 14.7 Å². The van der Waals surface area contributed by atoms with Crippen molar-refractivity contribution >= 4 is 28.8 Å². The molecule has 5 rings (SSSR count). The zero-order valence-electron chi connectivity index (χ0n) is 16.8. The van der Waals surface area contributed by atoms with Gasteiger partial charge in [-0.25, -0.2) is 0 Å². The predicted molar refractivity (Wildman–Crippen MR) is 122 cm³/mol. The Bertz CT molecular complexity index is 1240. The summed E-state index contributed by atoms with van der Waals surface area (Å²) < 4.78 is 13.1. The van der Waals surface area contributed by atoms with Gasteiger partial charge in [-0.1, -0.05) is 48.2 Å². The highest BCUT2D eigenvalue weighted by Crippen LogP contribution is 2.37. The number of nitro groups is 1. The van der Waals surface area contributed by atoms with Crippen LogP contribution in [0.5, 0.6) is 5.75 Å². The van der Waals surface area contributed by atoms with Crippen molar-refractivity contribution in [2.45, 2.75) is 24.1 Å². The molecule has 8 nitrogen and oxygen atoms in total. The third-order valence-electron chi connectivity index (χ3n) is 4.98. The van der Waals surface area contributed by atoms with Crippen LogP contribution >= 0.6 is 23.1 Å². The van der Waals surface area contributed by atoms with E-state index in [1.165, 1.54) is 17.8 Å². The van der Waals surface area contributed by atoms with Crippen molar-refractivity contribution in [1.29, 1.82) is 0 Å². The van der Waals surface area contributed by atoms with Crippen LogP contribution in [0.1, 0.15) is 16.7 Å². The molecular formula is C22H18N4O4S2. The van der Waals surface area contributed by atoms with E-state index in [9.17, 15) is 10.1 Å². The highest BCUT2D eigenvalue weighted by atomic mass is 32.2. The van der Waals surface area contributed by atoms with E-state index in [1.807, 2.05) is 35.7 Å². The molecule has 1 aliphatic rings. The lowest BCUT2D eigenvalue weighted by atomic mass is 10.1. The molecule has 0 bridgehead atoms. The largest absolute Gasteiger partial charge is 0.467 e. The van der Waals surface area contributed by atoms with Crippen LogP contribution in [0.25, 0.3) is 10.7 Å². The van der Waals surface area contributed by atoms with E-state index in [-0.39, 0.29) is 12.5 Å². The summed E-state index contributed by atoms with van der Waals surface area (Å²) in [6.07, 6.45) is 0. The summed E-state index contributed by atoms with van der Waals surface area (Å²) in [5, 5.41) is 23.0. The lowest BCUT2D eigenvalue weighted by molar-refractivity contribution is -0.385. The number of thiophene rings is 1. The van der Waals surface area contributed by atoms with Crippen molar-refractivity contribution in [3.8, 4) is 16.5 Å². The molecule has 10 heteroatoms. The van der Waals surface area contributed by atoms with Crippen LogP contribution in [-0.2, 0) is 23.6 Å². The highest BCUT2D eigenvalue weighted by Gasteiger charge is 2.22. The molecule has 0 spiro atoms. The Kier molecular flexibility index (Phi) is 5.89. The number of nitro benzene ring substituents is 1. The van der Waals surface area contributed by atoms with Crippen molar-refractivity contribution in [3.05, 3.63) is 86.8 Å². The van der Waals surface area contributed by atoms with E-state index in [1.54, 1.807) is 17.4 Å². The Hall–Kier alpha value is -3.21. The fraction of sp³-hybridized carbons (Fsp3) is 0.182. The van der Waals surface area contributed by atoms with Crippen LogP contribution in [0.2, 0.25) is 0 Å². The minimum atomic E-state index is -0.393. The number of fused-ring (bicyclic) bond motifs is 1. The molecule has 0 unspecified atom stereocenters. The van der Waals surface area contributed by atoms with Crippen LogP contribution in [0, 0.1) is 10.1 Å². The molecule has 0 aliphatic carbocycles. The van der Waals surface area contributed by atoms with Gasteiger partial charge >= 0.3 is 0 Å². The molecule has 0 saturated heterocycles. The molecule has 0 radical (unpaired) electrons. The molecule has 1 aliphatic heterocycles. The fourth-order valence-electron chi connectivity index (χ4n) is 3.53. The molecule has 4 aromatic rings. The van der Waals surface area contributed by atoms with Crippen molar-refractivity contribution in [2.75, 3.05) is 6.79 Å². The van der Waals surface area contributed by atoms with Gasteiger partial charge in [-0.2, -0.15) is 0 Å². The fourth-order valence-corrected chi connectivity index (χ4v) is 5.15. The standard InChI is InChI=1S/C22H18N4O4S2/c27-26(28)18-9-16-12-29-14-30-20(16)17(10-18)13-32-22-24-23-21(19-7-4-8-31-19)25(22)11-15-5-2-1-3-6-15/h1-10H,11-14H2. The minimum Gasteiger partial charge on any atom is -0.467 e. The van der Waals surface area contributed by atoms with Crippen LogP contribution in [0.4, 0.5) is 5.69 Å². The third-order valence-corrected chi connectivity index (χ3v) is 6.86. The molecule has 2 aromatic carbocycles. The van der Waals surface area contributed by atoms with Crippen molar-refractivity contribution in [2.24, 2.45) is 0 Å². The summed E-state index contributed by atoms with van der Waals surface area (Å²) in [7, 11) is 0. The monoisotopic (exact) mass is 466 g/mol. The first-order valence-corrected chi connectivity index (χ1v) is 11.7. The summed E-state index contributed by atoms with van der Waals surface area (Å²) in [6.45, 7) is 1.05. The van der Waals surface area contributed by atoms with E-state index >= 15 is 0 Å². The predicted octanol–water partition coefficient (Wildman–Crippen LogP) is 5.12. The molecule has 0 atom stereocenters. The number of nitrogens with zero attached hydrogens (tertiary/aromatic N) is 4. The second-order valence-corrected chi connectivity index (χ2v) is 8.99. The molecule has 0 amide bonds. The average Bonchev–Trinajstić information content (AvgIpc) is 3.48. The normalized spacial score (nSPS) is 12.9. The second kappa shape index (κ2) is 9.11. The van der Waals surface area contributed by atoms with Crippen LogP contribution < -0.4 is 4.74 Å². The number of hydrogen-bond donors (Lipinski definition) is 0. The molecular weight excluding hydrogens is 448 g/mol. The Labute approximate surface area is 192 Å². The maximum absolute atomic E-state index is 11.4. The number of aromatic nitrogens is 3. The molecule has 0 N–H and O–H groups in total. The highest BCUT2D eigenvalue weighted by molar-refractivity contribution is 7.98. The van der Waals surface area contributed by atoms with Crippen LogP contribution in [0.3, 0.4) is 0 Å². The molecule has 32 heavy (non-hydrogen) atoms. The van der Waals surface area contributed by atoms with Gasteiger partial charge in [0.25, 0.3) is 5.69 Å². The van der Waals surface area contributed by atoms with Crippen LogP contribution in [0.15, 0.2) is 65.1 Å². The van der Waals surface area contributed by atoms with Gasteiger partial charge in [0.15, 0.2) is 17.8 Å². The van der Waals surface area contributed by atoms with E-state index in [0.717, 1.165) is 27.0 Å². The van der Waals surface area contributed by atoms with Gasteiger partial charge in [-0.05, 0) is 17.0 Å². The Morgan fingerprint density at radius 3 is 2.81 bits per heavy atom. The molecule has 0 saturated carbocycles. The van der Waals surface area contributed by atoms with E-state index in [0.29, 0.717) is 30.2 Å². The zero-order chi connectivity index (χ0) is 21.9. The summed E-state index contributed by atoms with van der Waals surface area (Å²) in [4.78, 5) is 12.0. The Balaban J connectivity index is 1.47. The summed E-state index contributed by atoms with van der Waals surface area (Å²) >= 11 is 3.09. The van der Waals surface area contributed by atoms with Crippen molar-refractivity contribution in [1.82, 2.24) is 14.8 Å². The number of ether oxygens (including phenoxy) is 2. The van der Waals surface area contributed by atoms with E-state index < -0.39 is 4.92 Å². The smallest absolute Gasteiger partial charge is 0.270 e. The van der Waals surface area contributed by atoms with E-state index in [2.05, 4.69) is 26.9 Å². The van der Waals surface area contributed by atoms with Crippen LogP contribution in [-0.4, -0.2) is 26.5 Å². The minimum absolute atomic E-state index is 0.0264. The second-order valence-electron chi connectivity index (χ2n) is 7.10. The molecule has 2 aromatic heterocycles. The Morgan fingerprint density at radius 2 is 2.03 bits per heavy atom. The SMILES string of the molecule is O=[N+]([O-])c1cc2c(c(CSc3nnc(-c4cccs4)n3Cc3ccccc3)c1)OCOC2. The molecule has 0 fully saturated rings. The molecule has 3 heterocycles. The lowest BCUT2D eigenvalue weighted by Gasteiger charge is -2.20. The Morgan fingerprint density at radius 1 is 1.16 bits per heavy atom.